The molecule has 17 heavy (non-hydrogen) atoms. The van der Waals surface area contributed by atoms with E-state index in [4.69, 9.17) is 16.1 Å². The Morgan fingerprint density at radius 2 is 2.18 bits per heavy atom. The molecule has 0 unspecified atom stereocenters. The van der Waals surface area contributed by atoms with Gasteiger partial charge < -0.3 is 4.52 Å². The van der Waals surface area contributed by atoms with Crippen molar-refractivity contribution in [2.45, 2.75) is 18.7 Å². The molecule has 0 fully saturated rings. The smallest absolute Gasteiger partial charge is 0.265 e. The Kier molecular flexibility index (Phi) is 3.15. The zero-order valence-corrected chi connectivity index (χ0v) is 11.4. The Hall–Kier alpha value is -1.05. The van der Waals surface area contributed by atoms with Crippen molar-refractivity contribution in [3.05, 3.63) is 27.0 Å². The van der Waals surface area contributed by atoms with Crippen LogP contribution >= 0.6 is 22.9 Å². The summed E-state index contributed by atoms with van der Waals surface area (Å²) in [4.78, 5) is 0.914. The average molecular weight is 293 g/mol. The van der Waals surface area contributed by atoms with Gasteiger partial charge in [-0.25, -0.2) is 13.1 Å². The molecule has 0 saturated carbocycles. The van der Waals surface area contributed by atoms with Crippen LogP contribution in [0.25, 0.3) is 0 Å². The lowest BCUT2D eigenvalue weighted by atomic mass is 10.5. The van der Waals surface area contributed by atoms with Gasteiger partial charge in [0.15, 0.2) is 0 Å². The van der Waals surface area contributed by atoms with E-state index in [1.54, 1.807) is 19.2 Å². The van der Waals surface area contributed by atoms with Crippen LogP contribution in [-0.4, -0.2) is 13.6 Å². The summed E-state index contributed by atoms with van der Waals surface area (Å²) in [7, 11) is -3.67. The van der Waals surface area contributed by atoms with Crippen LogP contribution in [0.3, 0.4) is 0 Å². The number of hydrogen-bond acceptors (Lipinski definition) is 5. The van der Waals surface area contributed by atoms with Gasteiger partial charge in [-0.2, -0.15) is 0 Å². The molecule has 0 atom stereocenters. The topological polar surface area (TPSA) is 72.2 Å². The maximum Gasteiger partial charge on any atom is 0.265 e. The predicted molar refractivity (Wildman–Crippen MR) is 66.1 cm³/mol. The Morgan fingerprint density at radius 1 is 1.47 bits per heavy atom. The van der Waals surface area contributed by atoms with Crippen molar-refractivity contribution >= 4 is 38.8 Å². The minimum Gasteiger partial charge on any atom is -0.336 e. The molecule has 0 aromatic carbocycles. The summed E-state index contributed by atoms with van der Waals surface area (Å²) in [5, 5.41) is 5.45. The normalized spacial score (nSPS) is 11.7. The minimum absolute atomic E-state index is 0.0604. The van der Waals surface area contributed by atoms with Crippen LogP contribution in [0.4, 0.5) is 5.88 Å². The Morgan fingerprint density at radius 3 is 2.65 bits per heavy atom. The molecule has 0 aliphatic heterocycles. The van der Waals surface area contributed by atoms with Crippen molar-refractivity contribution in [2.24, 2.45) is 0 Å². The van der Waals surface area contributed by atoms with Gasteiger partial charge in [0.05, 0.1) is 0 Å². The SMILES string of the molecule is Cc1noc(NS(=O)(=O)c2ccsc2C)c1Cl. The molecule has 8 heteroatoms. The van der Waals surface area contributed by atoms with Crippen LogP contribution < -0.4 is 4.72 Å². The number of aryl methyl sites for hydroxylation is 2. The lowest BCUT2D eigenvalue weighted by Crippen LogP contribution is -2.12. The molecule has 0 aliphatic carbocycles. The standard InChI is InChI=1S/C9H9ClN2O3S2/c1-5-8(10)9(15-11-5)12-17(13,14)7-3-4-16-6(7)2/h3-4,12H,1-2H3. The van der Waals surface area contributed by atoms with Gasteiger partial charge in [0.1, 0.15) is 15.6 Å². The number of sulfonamides is 1. The maximum absolute atomic E-state index is 12.0. The lowest BCUT2D eigenvalue weighted by Gasteiger charge is -2.03. The summed E-state index contributed by atoms with van der Waals surface area (Å²) < 4.78 is 31.1. The number of hydrogen-bond donors (Lipinski definition) is 1. The number of halogens is 1. The fourth-order valence-electron chi connectivity index (χ4n) is 1.25. The first-order chi connectivity index (χ1) is 7.92. The lowest BCUT2D eigenvalue weighted by molar-refractivity contribution is 0.430. The van der Waals surface area contributed by atoms with Gasteiger partial charge in [-0.3, -0.25) is 0 Å². The fourth-order valence-corrected chi connectivity index (χ4v) is 3.69. The second-order valence-electron chi connectivity index (χ2n) is 3.36. The zero-order valence-electron chi connectivity index (χ0n) is 9.02. The van der Waals surface area contributed by atoms with Crippen LogP contribution in [0.15, 0.2) is 20.9 Å². The van der Waals surface area contributed by atoms with E-state index in [0.29, 0.717) is 10.6 Å². The van der Waals surface area contributed by atoms with Crippen molar-refractivity contribution in [3.8, 4) is 0 Å². The summed E-state index contributed by atoms with van der Waals surface area (Å²) in [6.45, 7) is 3.35. The monoisotopic (exact) mass is 292 g/mol. The highest BCUT2D eigenvalue weighted by molar-refractivity contribution is 7.92. The molecule has 0 spiro atoms. The highest BCUT2D eigenvalue weighted by atomic mass is 35.5. The number of thiophene rings is 1. The summed E-state index contributed by atoms with van der Waals surface area (Å²) in [5.74, 6) is -0.0604. The molecule has 5 nitrogen and oxygen atoms in total. The van der Waals surface area contributed by atoms with Gasteiger partial charge in [0.25, 0.3) is 15.9 Å². The Balaban J connectivity index is 2.37. The molecule has 0 radical (unpaired) electrons. The molecule has 2 aromatic heterocycles. The fraction of sp³-hybridized carbons (Fsp3) is 0.222. The Bertz CT molecular complexity index is 645. The third-order valence-electron chi connectivity index (χ3n) is 2.12. The first-order valence-electron chi connectivity index (χ1n) is 4.60. The highest BCUT2D eigenvalue weighted by Crippen LogP contribution is 2.29. The van der Waals surface area contributed by atoms with Crippen molar-refractivity contribution in [1.29, 1.82) is 0 Å². The summed E-state index contributed by atoms with van der Waals surface area (Å²) in [5.41, 5.74) is 0.436. The van der Waals surface area contributed by atoms with E-state index in [-0.39, 0.29) is 15.8 Å². The van der Waals surface area contributed by atoms with Gasteiger partial charge >= 0.3 is 0 Å². The molecule has 1 N–H and O–H groups in total. The summed E-state index contributed by atoms with van der Waals surface area (Å²) in [6, 6.07) is 1.53. The molecule has 2 heterocycles. The van der Waals surface area contributed by atoms with Gasteiger partial charge in [-0.1, -0.05) is 16.8 Å². The third-order valence-corrected chi connectivity index (χ3v) is 5.01. The summed E-state index contributed by atoms with van der Waals surface area (Å²) in [6.07, 6.45) is 0. The Labute approximate surface area is 107 Å². The number of nitrogens with zero attached hydrogens (tertiary/aromatic N) is 1. The van der Waals surface area contributed by atoms with Crippen molar-refractivity contribution in [3.63, 3.8) is 0 Å². The van der Waals surface area contributed by atoms with E-state index in [2.05, 4.69) is 9.88 Å². The molecule has 2 aromatic rings. The average Bonchev–Trinajstić information content (AvgIpc) is 2.80. The van der Waals surface area contributed by atoms with Crippen LogP contribution in [-0.2, 0) is 10.0 Å². The molecule has 0 amide bonds. The van der Waals surface area contributed by atoms with E-state index >= 15 is 0 Å². The minimum atomic E-state index is -3.67. The van der Waals surface area contributed by atoms with E-state index < -0.39 is 10.0 Å². The van der Waals surface area contributed by atoms with E-state index in [9.17, 15) is 8.42 Å². The van der Waals surface area contributed by atoms with Crippen LogP contribution in [0, 0.1) is 13.8 Å². The molecular weight excluding hydrogens is 284 g/mol. The first-order valence-corrected chi connectivity index (χ1v) is 7.34. The van der Waals surface area contributed by atoms with Crippen LogP contribution in [0.5, 0.6) is 0 Å². The predicted octanol–water partition coefficient (Wildman–Crippen LogP) is 2.81. The van der Waals surface area contributed by atoms with Crippen molar-refractivity contribution < 1.29 is 12.9 Å². The number of rotatable bonds is 3. The van der Waals surface area contributed by atoms with Gasteiger partial charge in [0, 0.05) is 4.88 Å². The van der Waals surface area contributed by atoms with Crippen LogP contribution in [0.2, 0.25) is 5.02 Å². The second-order valence-corrected chi connectivity index (χ2v) is 6.51. The molecule has 0 aliphatic rings. The maximum atomic E-state index is 12.0. The molecular formula is C9H9ClN2O3S2. The third kappa shape index (κ3) is 2.31. The zero-order chi connectivity index (χ0) is 12.6. The van der Waals surface area contributed by atoms with E-state index in [1.807, 2.05) is 0 Å². The highest BCUT2D eigenvalue weighted by Gasteiger charge is 2.22. The van der Waals surface area contributed by atoms with E-state index in [1.165, 1.54) is 17.4 Å². The number of nitrogens with one attached hydrogen (secondary N) is 1. The molecule has 0 bridgehead atoms. The largest absolute Gasteiger partial charge is 0.336 e. The molecule has 2 rings (SSSR count). The molecule has 92 valence electrons. The second kappa shape index (κ2) is 4.32. The quantitative estimate of drug-likeness (QED) is 0.944. The van der Waals surface area contributed by atoms with E-state index in [0.717, 1.165) is 0 Å². The molecule has 0 saturated heterocycles. The number of anilines is 1. The number of aromatic nitrogens is 1. The van der Waals surface area contributed by atoms with Gasteiger partial charge in [0.2, 0.25) is 0 Å². The van der Waals surface area contributed by atoms with Crippen molar-refractivity contribution in [1.82, 2.24) is 5.16 Å². The van der Waals surface area contributed by atoms with Gasteiger partial charge in [-0.05, 0) is 25.3 Å². The summed E-state index contributed by atoms with van der Waals surface area (Å²) >= 11 is 7.19. The van der Waals surface area contributed by atoms with Crippen LogP contribution in [0.1, 0.15) is 10.6 Å². The first kappa shape index (κ1) is 12.4. The van der Waals surface area contributed by atoms with Crippen molar-refractivity contribution in [2.75, 3.05) is 4.72 Å². The van der Waals surface area contributed by atoms with Gasteiger partial charge in [-0.15, -0.1) is 11.3 Å².